The highest BCUT2D eigenvalue weighted by Gasteiger charge is 2.19. The maximum atomic E-state index is 12.0. The van der Waals surface area contributed by atoms with Crippen molar-refractivity contribution in [3.63, 3.8) is 0 Å². The van der Waals surface area contributed by atoms with E-state index in [1.54, 1.807) is 23.9 Å². The number of thioether (sulfide) groups is 1. The first-order valence-corrected chi connectivity index (χ1v) is 7.54. The highest BCUT2D eigenvalue weighted by molar-refractivity contribution is 9.10. The minimum absolute atomic E-state index is 0.0220. The number of carbonyl (C=O) groups excluding carboxylic acids is 1. The van der Waals surface area contributed by atoms with Crippen molar-refractivity contribution in [1.82, 2.24) is 5.32 Å². The van der Waals surface area contributed by atoms with Gasteiger partial charge in [0.1, 0.15) is 0 Å². The highest BCUT2D eigenvalue weighted by atomic mass is 79.9. The number of carbonyl (C=O) groups is 1. The van der Waals surface area contributed by atoms with E-state index in [0.717, 1.165) is 4.47 Å². The second-order valence-corrected chi connectivity index (χ2v) is 6.99. The summed E-state index contributed by atoms with van der Waals surface area (Å²) < 4.78 is 0.754. The highest BCUT2D eigenvalue weighted by Crippen LogP contribution is 2.26. The Morgan fingerprint density at radius 2 is 2.18 bits per heavy atom. The van der Waals surface area contributed by atoms with Crippen LogP contribution in [-0.4, -0.2) is 23.5 Å². The number of hydrogen-bond acceptors (Lipinski definition) is 2. The third-order valence-corrected chi connectivity index (χ3v) is 4.97. The van der Waals surface area contributed by atoms with Gasteiger partial charge in [-0.3, -0.25) is 4.79 Å². The molecule has 0 atom stereocenters. The molecule has 17 heavy (non-hydrogen) atoms. The van der Waals surface area contributed by atoms with Gasteiger partial charge in [0.2, 0.25) is 0 Å². The number of hydrogen-bond donors (Lipinski definition) is 1. The van der Waals surface area contributed by atoms with Crippen molar-refractivity contribution in [2.45, 2.75) is 18.6 Å². The van der Waals surface area contributed by atoms with Gasteiger partial charge in [-0.25, -0.2) is 0 Å². The maximum Gasteiger partial charge on any atom is 0.252 e. The molecule has 0 aromatic heterocycles. The van der Waals surface area contributed by atoms with Crippen molar-refractivity contribution in [2.75, 3.05) is 12.8 Å². The molecule has 0 saturated heterocycles. The molecule has 0 spiro atoms. The molecular formula is C12H15BrClNOS. The van der Waals surface area contributed by atoms with Crippen molar-refractivity contribution >= 4 is 45.2 Å². The molecular weight excluding hydrogens is 322 g/mol. The summed E-state index contributed by atoms with van der Waals surface area (Å²) in [7, 11) is 0. The van der Waals surface area contributed by atoms with Crippen LogP contribution in [0.3, 0.4) is 0 Å². The number of nitrogens with one attached hydrogen (secondary N) is 1. The van der Waals surface area contributed by atoms with E-state index in [2.05, 4.69) is 35.1 Å². The fourth-order valence-corrected chi connectivity index (χ4v) is 1.93. The monoisotopic (exact) mass is 335 g/mol. The Morgan fingerprint density at radius 3 is 2.76 bits per heavy atom. The zero-order valence-corrected chi connectivity index (χ0v) is 13.2. The fraction of sp³-hybridized carbons (Fsp3) is 0.417. The van der Waals surface area contributed by atoms with Gasteiger partial charge in [-0.15, -0.1) is 0 Å². The zero-order valence-electron chi connectivity index (χ0n) is 10.0. The maximum absolute atomic E-state index is 12.0. The minimum atomic E-state index is -0.140. The lowest BCUT2D eigenvalue weighted by Gasteiger charge is -2.22. The van der Waals surface area contributed by atoms with Gasteiger partial charge >= 0.3 is 0 Å². The summed E-state index contributed by atoms with van der Waals surface area (Å²) in [6.07, 6.45) is 2.03. The molecule has 2 nitrogen and oxygen atoms in total. The lowest BCUT2D eigenvalue weighted by atomic mass is 10.2. The largest absolute Gasteiger partial charge is 0.351 e. The lowest BCUT2D eigenvalue weighted by Crippen LogP contribution is -2.36. The molecule has 1 rings (SSSR count). The molecule has 1 aromatic carbocycles. The van der Waals surface area contributed by atoms with Crippen molar-refractivity contribution < 1.29 is 4.79 Å². The van der Waals surface area contributed by atoms with Gasteiger partial charge < -0.3 is 5.32 Å². The smallest absolute Gasteiger partial charge is 0.252 e. The Hall–Kier alpha value is -0.190. The van der Waals surface area contributed by atoms with Crippen LogP contribution >= 0.6 is 39.3 Å². The molecule has 0 fully saturated rings. The summed E-state index contributed by atoms with van der Waals surface area (Å²) in [5.41, 5.74) is 0.498. The Kier molecular flexibility index (Phi) is 5.35. The summed E-state index contributed by atoms with van der Waals surface area (Å²) in [4.78, 5) is 12.0. The van der Waals surface area contributed by atoms with Crippen LogP contribution in [-0.2, 0) is 0 Å². The Labute approximate surface area is 120 Å². The van der Waals surface area contributed by atoms with Gasteiger partial charge in [-0.05, 0) is 48.2 Å². The molecule has 0 aliphatic carbocycles. The third kappa shape index (κ3) is 4.19. The van der Waals surface area contributed by atoms with E-state index in [4.69, 9.17) is 11.6 Å². The molecule has 5 heteroatoms. The third-order valence-electron chi connectivity index (χ3n) is 2.42. The molecule has 0 heterocycles. The van der Waals surface area contributed by atoms with Gasteiger partial charge in [0.25, 0.3) is 5.91 Å². The number of rotatable bonds is 4. The van der Waals surface area contributed by atoms with Crippen LogP contribution in [0.4, 0.5) is 0 Å². The predicted octanol–water partition coefficient (Wildman–Crippen LogP) is 3.97. The van der Waals surface area contributed by atoms with Crippen LogP contribution in [0.15, 0.2) is 22.7 Å². The summed E-state index contributed by atoms with van der Waals surface area (Å²) in [5.74, 6) is -0.140. The van der Waals surface area contributed by atoms with Gasteiger partial charge in [0.05, 0.1) is 10.6 Å². The van der Waals surface area contributed by atoms with Crippen LogP contribution in [0.5, 0.6) is 0 Å². The fourth-order valence-electron chi connectivity index (χ4n) is 1.14. The van der Waals surface area contributed by atoms with Gasteiger partial charge in [0, 0.05) is 15.8 Å². The van der Waals surface area contributed by atoms with Crippen LogP contribution in [0.1, 0.15) is 24.2 Å². The van der Waals surface area contributed by atoms with Gasteiger partial charge in [0.15, 0.2) is 0 Å². The first kappa shape index (κ1) is 14.9. The second kappa shape index (κ2) is 6.12. The normalized spacial score (nSPS) is 11.4. The summed E-state index contributed by atoms with van der Waals surface area (Å²) in [6, 6.07) is 5.32. The quantitative estimate of drug-likeness (QED) is 0.901. The molecule has 0 aliphatic rings. The van der Waals surface area contributed by atoms with E-state index in [-0.39, 0.29) is 10.7 Å². The standard InChI is InChI=1S/C12H15BrClNOS/c1-12(2,17-3)7-15-11(16)8-5-4-6-9(13)10(8)14/h4-6H,7H2,1-3H3,(H,15,16). The van der Waals surface area contributed by atoms with Crippen molar-refractivity contribution in [3.8, 4) is 0 Å². The summed E-state index contributed by atoms with van der Waals surface area (Å²) >= 11 is 11.1. The predicted molar refractivity (Wildman–Crippen MR) is 79.1 cm³/mol. The second-order valence-electron chi connectivity index (χ2n) is 4.25. The average Bonchev–Trinajstić information content (AvgIpc) is 2.30. The first-order chi connectivity index (χ1) is 7.87. The lowest BCUT2D eigenvalue weighted by molar-refractivity contribution is 0.0951. The molecule has 94 valence electrons. The van der Waals surface area contributed by atoms with E-state index in [9.17, 15) is 4.79 Å². The first-order valence-electron chi connectivity index (χ1n) is 5.15. The Bertz CT molecular complexity index is 423. The van der Waals surface area contributed by atoms with E-state index in [0.29, 0.717) is 17.1 Å². The van der Waals surface area contributed by atoms with E-state index in [1.807, 2.05) is 12.3 Å². The van der Waals surface area contributed by atoms with Crippen molar-refractivity contribution in [3.05, 3.63) is 33.3 Å². The van der Waals surface area contributed by atoms with Crippen LogP contribution in [0.25, 0.3) is 0 Å². The van der Waals surface area contributed by atoms with E-state index in [1.165, 1.54) is 0 Å². The summed E-state index contributed by atoms with van der Waals surface area (Å²) in [6.45, 7) is 4.77. The Balaban J connectivity index is 2.74. The van der Waals surface area contributed by atoms with Crippen LogP contribution in [0, 0.1) is 0 Å². The number of amides is 1. The van der Waals surface area contributed by atoms with Crippen molar-refractivity contribution in [1.29, 1.82) is 0 Å². The Morgan fingerprint density at radius 1 is 1.53 bits per heavy atom. The minimum Gasteiger partial charge on any atom is -0.351 e. The SMILES string of the molecule is CSC(C)(C)CNC(=O)c1cccc(Br)c1Cl. The molecule has 0 saturated carbocycles. The molecule has 0 bridgehead atoms. The topological polar surface area (TPSA) is 29.1 Å². The van der Waals surface area contributed by atoms with Crippen molar-refractivity contribution in [2.24, 2.45) is 0 Å². The average molecular weight is 337 g/mol. The van der Waals surface area contributed by atoms with Gasteiger partial charge in [-0.1, -0.05) is 17.7 Å². The molecule has 0 radical (unpaired) electrons. The molecule has 1 N–H and O–H groups in total. The summed E-state index contributed by atoms with van der Waals surface area (Å²) in [5, 5.41) is 3.34. The number of halogens is 2. The van der Waals surface area contributed by atoms with Crippen LogP contribution < -0.4 is 5.32 Å². The molecule has 0 unspecified atom stereocenters. The molecule has 1 amide bonds. The molecule has 0 aliphatic heterocycles. The van der Waals surface area contributed by atoms with Gasteiger partial charge in [-0.2, -0.15) is 11.8 Å². The van der Waals surface area contributed by atoms with E-state index >= 15 is 0 Å². The zero-order chi connectivity index (χ0) is 13.1. The number of benzene rings is 1. The van der Waals surface area contributed by atoms with Crippen LogP contribution in [0.2, 0.25) is 5.02 Å². The molecule has 1 aromatic rings. The van der Waals surface area contributed by atoms with E-state index < -0.39 is 0 Å².